The molecule has 7 heteroatoms. The number of aromatic nitrogens is 3. The summed E-state index contributed by atoms with van der Waals surface area (Å²) < 4.78 is 13.3. The first kappa shape index (κ1) is 21.9. The number of carbonyl (C=O) groups is 1. The summed E-state index contributed by atoms with van der Waals surface area (Å²) in [5, 5.41) is 5.29. The molecular formula is C27H28N4O3. The molecule has 0 N–H and O–H groups in total. The van der Waals surface area contributed by atoms with Gasteiger partial charge in [-0.2, -0.15) is 5.10 Å². The van der Waals surface area contributed by atoms with E-state index in [4.69, 9.17) is 14.5 Å². The number of pyridine rings is 1. The minimum absolute atomic E-state index is 0.0779. The molecular weight excluding hydrogens is 428 g/mol. The zero-order valence-electron chi connectivity index (χ0n) is 19.9. The molecule has 2 aromatic carbocycles. The Morgan fingerprint density at radius 3 is 2.47 bits per heavy atom. The maximum atomic E-state index is 13.8. The van der Waals surface area contributed by atoms with Crippen LogP contribution in [0.2, 0.25) is 0 Å². The quantitative estimate of drug-likeness (QED) is 0.408. The summed E-state index contributed by atoms with van der Waals surface area (Å²) in [5.41, 5.74) is 3.89. The third kappa shape index (κ3) is 3.87. The number of carbonyl (C=O) groups excluding carboxylic acids is 1. The Balaban J connectivity index is 1.62. The number of amides is 1. The van der Waals surface area contributed by atoms with Gasteiger partial charge in [-0.1, -0.05) is 30.3 Å². The number of nitrogens with zero attached hydrogens (tertiary/aromatic N) is 4. The summed E-state index contributed by atoms with van der Waals surface area (Å²) in [6, 6.07) is 17.7. The number of hydrogen-bond donors (Lipinski definition) is 0. The van der Waals surface area contributed by atoms with Crippen molar-refractivity contribution in [3.05, 3.63) is 71.9 Å². The van der Waals surface area contributed by atoms with Crippen molar-refractivity contribution in [1.82, 2.24) is 19.7 Å². The molecule has 1 unspecified atom stereocenters. The van der Waals surface area contributed by atoms with Crippen LogP contribution in [-0.4, -0.2) is 45.8 Å². The second-order valence-electron chi connectivity index (χ2n) is 8.84. The van der Waals surface area contributed by atoms with Crippen molar-refractivity contribution in [3.8, 4) is 22.8 Å². The predicted octanol–water partition coefficient (Wildman–Crippen LogP) is 5.28. The number of benzene rings is 2. The standard InChI is InChI=1S/C27H28N4O3/c1-17(2)31-26-22(16-28-31)21(27(32)30(4)18(3)19-8-6-5-7-9-19)15-23(29-26)20-10-11-24-25(14-20)34-13-12-33-24/h5-11,14-18H,12-13H2,1-4H3. The number of fused-ring (bicyclic) bond motifs is 2. The summed E-state index contributed by atoms with van der Waals surface area (Å²) in [6.45, 7) is 7.18. The Bertz CT molecular complexity index is 1350. The van der Waals surface area contributed by atoms with Crippen LogP contribution >= 0.6 is 0 Å². The first-order valence-electron chi connectivity index (χ1n) is 11.5. The molecule has 1 aliphatic heterocycles. The van der Waals surface area contributed by atoms with E-state index in [-0.39, 0.29) is 18.0 Å². The Hall–Kier alpha value is -3.87. The van der Waals surface area contributed by atoms with Gasteiger partial charge in [-0.05, 0) is 50.6 Å². The molecule has 7 nitrogen and oxygen atoms in total. The first-order valence-corrected chi connectivity index (χ1v) is 11.5. The van der Waals surface area contributed by atoms with E-state index in [0.29, 0.717) is 35.9 Å². The van der Waals surface area contributed by atoms with Crippen LogP contribution < -0.4 is 9.47 Å². The van der Waals surface area contributed by atoms with Gasteiger partial charge in [0.25, 0.3) is 5.91 Å². The lowest BCUT2D eigenvalue weighted by Gasteiger charge is -2.26. The Kier molecular flexibility index (Phi) is 5.69. The highest BCUT2D eigenvalue weighted by Crippen LogP contribution is 2.35. The smallest absolute Gasteiger partial charge is 0.254 e. The molecule has 2 aromatic heterocycles. The van der Waals surface area contributed by atoms with Crippen LogP contribution in [0.15, 0.2) is 60.8 Å². The van der Waals surface area contributed by atoms with E-state index in [1.54, 1.807) is 11.1 Å². The van der Waals surface area contributed by atoms with Gasteiger partial charge in [0.05, 0.1) is 28.9 Å². The molecule has 34 heavy (non-hydrogen) atoms. The maximum absolute atomic E-state index is 13.8. The van der Waals surface area contributed by atoms with Gasteiger partial charge in [0.2, 0.25) is 0 Å². The van der Waals surface area contributed by atoms with E-state index in [0.717, 1.165) is 22.3 Å². The summed E-state index contributed by atoms with van der Waals surface area (Å²) >= 11 is 0. The zero-order valence-corrected chi connectivity index (χ0v) is 19.9. The van der Waals surface area contributed by atoms with Crippen molar-refractivity contribution in [2.24, 2.45) is 0 Å². The van der Waals surface area contributed by atoms with E-state index in [9.17, 15) is 4.79 Å². The predicted molar refractivity (Wildman–Crippen MR) is 131 cm³/mol. The molecule has 4 aromatic rings. The fourth-order valence-corrected chi connectivity index (χ4v) is 4.24. The van der Waals surface area contributed by atoms with Gasteiger partial charge >= 0.3 is 0 Å². The zero-order chi connectivity index (χ0) is 23.8. The van der Waals surface area contributed by atoms with Gasteiger partial charge < -0.3 is 14.4 Å². The highest BCUT2D eigenvalue weighted by atomic mass is 16.6. The van der Waals surface area contributed by atoms with Crippen molar-refractivity contribution in [2.45, 2.75) is 32.9 Å². The SMILES string of the molecule is CC(c1ccccc1)N(C)C(=O)c1cc(-c2ccc3c(c2)OCCO3)nc2c1cnn2C(C)C. The first-order chi connectivity index (χ1) is 16.4. The number of rotatable bonds is 5. The van der Waals surface area contributed by atoms with Gasteiger partial charge in [0.1, 0.15) is 13.2 Å². The lowest BCUT2D eigenvalue weighted by atomic mass is 10.0. The minimum atomic E-state index is -0.0881. The minimum Gasteiger partial charge on any atom is -0.486 e. The van der Waals surface area contributed by atoms with E-state index in [2.05, 4.69) is 18.9 Å². The van der Waals surface area contributed by atoms with Crippen molar-refractivity contribution in [1.29, 1.82) is 0 Å². The molecule has 5 rings (SSSR count). The lowest BCUT2D eigenvalue weighted by Crippen LogP contribution is -2.30. The average molecular weight is 457 g/mol. The Morgan fingerprint density at radius 1 is 1.00 bits per heavy atom. The van der Waals surface area contributed by atoms with Crippen LogP contribution in [0.25, 0.3) is 22.3 Å². The summed E-state index contributed by atoms with van der Waals surface area (Å²) in [4.78, 5) is 20.5. The van der Waals surface area contributed by atoms with Gasteiger partial charge in [-0.25, -0.2) is 9.67 Å². The fourth-order valence-electron chi connectivity index (χ4n) is 4.24. The van der Waals surface area contributed by atoms with Crippen LogP contribution in [0.1, 0.15) is 48.8 Å². The highest BCUT2D eigenvalue weighted by Gasteiger charge is 2.24. The molecule has 1 amide bonds. The van der Waals surface area contributed by atoms with Gasteiger partial charge in [-0.15, -0.1) is 0 Å². The molecule has 0 saturated carbocycles. The molecule has 0 saturated heterocycles. The van der Waals surface area contributed by atoms with Crippen LogP contribution in [-0.2, 0) is 0 Å². The monoisotopic (exact) mass is 456 g/mol. The molecule has 1 atom stereocenters. The van der Waals surface area contributed by atoms with Crippen molar-refractivity contribution in [2.75, 3.05) is 20.3 Å². The van der Waals surface area contributed by atoms with E-state index in [1.165, 1.54) is 0 Å². The largest absolute Gasteiger partial charge is 0.486 e. The van der Waals surface area contributed by atoms with Crippen LogP contribution in [0.3, 0.4) is 0 Å². The van der Waals surface area contributed by atoms with E-state index in [1.807, 2.05) is 73.3 Å². The third-order valence-corrected chi connectivity index (χ3v) is 6.31. The molecule has 0 spiro atoms. The number of hydrogen-bond acceptors (Lipinski definition) is 5. The Labute approximate surface area is 198 Å². The molecule has 1 aliphatic rings. The molecule has 0 fully saturated rings. The molecule has 174 valence electrons. The van der Waals surface area contributed by atoms with Gasteiger partial charge in [-0.3, -0.25) is 4.79 Å². The average Bonchev–Trinajstić information content (AvgIpc) is 3.31. The van der Waals surface area contributed by atoms with Gasteiger partial charge in [0.15, 0.2) is 17.1 Å². The molecule has 3 heterocycles. The van der Waals surface area contributed by atoms with E-state index >= 15 is 0 Å². The second-order valence-corrected chi connectivity index (χ2v) is 8.84. The molecule has 0 radical (unpaired) electrons. The fraction of sp³-hybridized carbons (Fsp3) is 0.296. The Morgan fingerprint density at radius 2 is 1.74 bits per heavy atom. The van der Waals surface area contributed by atoms with Crippen LogP contribution in [0.4, 0.5) is 0 Å². The van der Waals surface area contributed by atoms with Crippen molar-refractivity contribution in [3.63, 3.8) is 0 Å². The topological polar surface area (TPSA) is 69.5 Å². The van der Waals surface area contributed by atoms with Crippen LogP contribution in [0, 0.1) is 0 Å². The molecule has 0 bridgehead atoms. The van der Waals surface area contributed by atoms with Crippen molar-refractivity contribution >= 4 is 16.9 Å². The van der Waals surface area contributed by atoms with Gasteiger partial charge in [0, 0.05) is 18.7 Å². The second kappa shape index (κ2) is 8.82. The summed E-state index contributed by atoms with van der Waals surface area (Å²) in [5.74, 6) is 1.33. The summed E-state index contributed by atoms with van der Waals surface area (Å²) in [7, 11) is 1.84. The van der Waals surface area contributed by atoms with E-state index < -0.39 is 0 Å². The summed E-state index contributed by atoms with van der Waals surface area (Å²) in [6.07, 6.45) is 1.74. The normalized spacial score (nSPS) is 13.8. The highest BCUT2D eigenvalue weighted by molar-refractivity contribution is 6.06. The lowest BCUT2D eigenvalue weighted by molar-refractivity contribution is 0.0744. The molecule has 0 aliphatic carbocycles. The maximum Gasteiger partial charge on any atom is 0.254 e. The third-order valence-electron chi connectivity index (χ3n) is 6.31. The van der Waals surface area contributed by atoms with Crippen molar-refractivity contribution < 1.29 is 14.3 Å². The van der Waals surface area contributed by atoms with Crippen LogP contribution in [0.5, 0.6) is 11.5 Å². The number of ether oxygens (including phenoxy) is 2.